The highest BCUT2D eigenvalue weighted by atomic mass is 16.4. The molecule has 1 unspecified atom stereocenters. The lowest BCUT2D eigenvalue weighted by atomic mass is 10.0. The van der Waals surface area contributed by atoms with Gasteiger partial charge in [-0.15, -0.1) is 5.10 Å². The van der Waals surface area contributed by atoms with Crippen LogP contribution in [0.4, 0.5) is 5.69 Å². The number of aliphatic carboxylic acids is 1. The van der Waals surface area contributed by atoms with Crippen LogP contribution >= 0.6 is 0 Å². The van der Waals surface area contributed by atoms with Gasteiger partial charge in [0.1, 0.15) is 12.4 Å². The van der Waals surface area contributed by atoms with Crippen molar-refractivity contribution < 1.29 is 19.5 Å². The summed E-state index contributed by atoms with van der Waals surface area (Å²) >= 11 is 0. The van der Waals surface area contributed by atoms with E-state index in [2.05, 4.69) is 15.4 Å². The van der Waals surface area contributed by atoms with Gasteiger partial charge in [0.15, 0.2) is 0 Å². The van der Waals surface area contributed by atoms with E-state index in [0.29, 0.717) is 24.2 Å². The first-order valence-corrected chi connectivity index (χ1v) is 9.54. The van der Waals surface area contributed by atoms with Crippen LogP contribution in [0.3, 0.4) is 0 Å². The Morgan fingerprint density at radius 2 is 1.97 bits per heavy atom. The van der Waals surface area contributed by atoms with E-state index < -0.39 is 17.9 Å². The number of nitrogens with zero attached hydrogens (tertiary/aromatic N) is 4. The van der Waals surface area contributed by atoms with E-state index in [0.717, 1.165) is 12.8 Å². The lowest BCUT2D eigenvalue weighted by Crippen LogP contribution is -2.48. The van der Waals surface area contributed by atoms with Crippen LogP contribution in [0.2, 0.25) is 0 Å². The Bertz CT molecular complexity index is 931. The lowest BCUT2D eigenvalue weighted by molar-refractivity contribution is -0.143. The standard InChI is InChI=1S/C20H25N5O4/c1-20(2,3)25-12-21-16(23-25)17(26)22-14-8-6-7-13(11-14)18(27)24-10-5-4-9-15(24)19(28)29/h6-8,11-12,15H,4-5,9-10H2,1-3H3,(H,22,26)(H,28,29). The fraction of sp³-hybridized carbons (Fsp3) is 0.450. The fourth-order valence-corrected chi connectivity index (χ4v) is 3.20. The zero-order valence-electron chi connectivity index (χ0n) is 16.8. The van der Waals surface area contributed by atoms with Crippen molar-refractivity contribution in [3.05, 3.63) is 42.0 Å². The molecule has 154 valence electrons. The Labute approximate surface area is 168 Å². The third kappa shape index (κ3) is 4.61. The second-order valence-corrected chi connectivity index (χ2v) is 8.07. The molecule has 2 aromatic rings. The van der Waals surface area contributed by atoms with E-state index in [-0.39, 0.29) is 17.3 Å². The normalized spacial score (nSPS) is 17.1. The molecule has 0 spiro atoms. The van der Waals surface area contributed by atoms with Crippen LogP contribution in [-0.2, 0) is 10.3 Å². The van der Waals surface area contributed by atoms with Crippen LogP contribution in [0, 0.1) is 0 Å². The molecule has 0 saturated carbocycles. The van der Waals surface area contributed by atoms with Gasteiger partial charge in [-0.2, -0.15) is 0 Å². The molecule has 1 atom stereocenters. The van der Waals surface area contributed by atoms with Gasteiger partial charge in [-0.3, -0.25) is 9.59 Å². The Kier molecular flexibility index (Phi) is 5.67. The number of benzene rings is 1. The monoisotopic (exact) mass is 399 g/mol. The first kappa shape index (κ1) is 20.5. The van der Waals surface area contributed by atoms with Crippen LogP contribution in [0.25, 0.3) is 0 Å². The van der Waals surface area contributed by atoms with Crippen LogP contribution in [0.1, 0.15) is 61.0 Å². The smallest absolute Gasteiger partial charge is 0.326 e. The lowest BCUT2D eigenvalue weighted by Gasteiger charge is -2.33. The highest BCUT2D eigenvalue weighted by Crippen LogP contribution is 2.21. The van der Waals surface area contributed by atoms with Crippen molar-refractivity contribution in [1.82, 2.24) is 19.7 Å². The number of hydrogen-bond donors (Lipinski definition) is 2. The summed E-state index contributed by atoms with van der Waals surface area (Å²) in [5.41, 5.74) is 0.438. The molecule has 3 rings (SSSR count). The Hall–Kier alpha value is -3.23. The molecule has 9 heteroatoms. The molecule has 2 N–H and O–H groups in total. The van der Waals surface area contributed by atoms with Gasteiger partial charge in [-0.05, 0) is 58.2 Å². The number of carboxylic acids is 1. The highest BCUT2D eigenvalue weighted by Gasteiger charge is 2.32. The number of anilines is 1. The van der Waals surface area contributed by atoms with Crippen LogP contribution in [0.15, 0.2) is 30.6 Å². The average Bonchev–Trinajstić information content (AvgIpc) is 3.18. The maximum Gasteiger partial charge on any atom is 0.326 e. The first-order chi connectivity index (χ1) is 13.7. The predicted octanol–water partition coefficient (Wildman–Crippen LogP) is 2.36. The van der Waals surface area contributed by atoms with Gasteiger partial charge in [0.25, 0.3) is 11.8 Å². The number of hydrogen-bond acceptors (Lipinski definition) is 5. The summed E-state index contributed by atoms with van der Waals surface area (Å²) in [7, 11) is 0. The summed E-state index contributed by atoms with van der Waals surface area (Å²) in [5.74, 6) is -1.82. The van der Waals surface area contributed by atoms with E-state index in [1.54, 1.807) is 22.9 Å². The van der Waals surface area contributed by atoms with E-state index in [9.17, 15) is 19.5 Å². The summed E-state index contributed by atoms with van der Waals surface area (Å²) in [6.45, 7) is 6.25. The van der Waals surface area contributed by atoms with Crippen molar-refractivity contribution in [1.29, 1.82) is 0 Å². The maximum atomic E-state index is 12.9. The summed E-state index contributed by atoms with van der Waals surface area (Å²) in [5, 5.41) is 16.3. The second kappa shape index (κ2) is 8.02. The van der Waals surface area contributed by atoms with E-state index in [1.165, 1.54) is 17.3 Å². The minimum absolute atomic E-state index is 0.0265. The zero-order valence-corrected chi connectivity index (χ0v) is 16.8. The molecule has 2 amide bonds. The summed E-state index contributed by atoms with van der Waals surface area (Å²) in [4.78, 5) is 42.2. The van der Waals surface area contributed by atoms with Gasteiger partial charge in [0.2, 0.25) is 5.82 Å². The number of carbonyl (C=O) groups excluding carboxylic acids is 2. The topological polar surface area (TPSA) is 117 Å². The second-order valence-electron chi connectivity index (χ2n) is 8.07. The minimum Gasteiger partial charge on any atom is -0.480 e. The van der Waals surface area contributed by atoms with Crippen LogP contribution in [-0.4, -0.2) is 55.1 Å². The molecule has 29 heavy (non-hydrogen) atoms. The maximum absolute atomic E-state index is 12.9. The average molecular weight is 399 g/mol. The number of amides is 2. The van der Waals surface area contributed by atoms with Gasteiger partial charge < -0.3 is 15.3 Å². The van der Waals surface area contributed by atoms with Crippen LogP contribution < -0.4 is 5.32 Å². The van der Waals surface area contributed by atoms with Gasteiger partial charge in [-0.1, -0.05) is 6.07 Å². The number of carboxylic acid groups (broad SMARTS) is 1. The molecule has 1 aromatic heterocycles. The Morgan fingerprint density at radius 3 is 2.62 bits per heavy atom. The molecule has 1 aliphatic rings. The molecule has 1 aromatic carbocycles. The quantitative estimate of drug-likeness (QED) is 0.815. The van der Waals surface area contributed by atoms with Gasteiger partial charge in [0, 0.05) is 17.8 Å². The molecular formula is C20H25N5O4. The van der Waals surface area contributed by atoms with Crippen molar-refractivity contribution in [2.75, 3.05) is 11.9 Å². The van der Waals surface area contributed by atoms with E-state index in [1.807, 2.05) is 20.8 Å². The molecular weight excluding hydrogens is 374 g/mol. The predicted molar refractivity (Wildman–Crippen MR) is 106 cm³/mol. The van der Waals surface area contributed by atoms with Crippen molar-refractivity contribution in [2.24, 2.45) is 0 Å². The van der Waals surface area contributed by atoms with E-state index in [4.69, 9.17) is 0 Å². The third-order valence-electron chi connectivity index (χ3n) is 4.80. The molecule has 1 aliphatic heterocycles. The Balaban J connectivity index is 1.75. The van der Waals surface area contributed by atoms with Gasteiger partial charge in [-0.25, -0.2) is 14.5 Å². The third-order valence-corrected chi connectivity index (χ3v) is 4.80. The molecule has 0 aliphatic carbocycles. The van der Waals surface area contributed by atoms with Crippen molar-refractivity contribution >= 4 is 23.5 Å². The fourth-order valence-electron chi connectivity index (χ4n) is 3.20. The Morgan fingerprint density at radius 1 is 1.21 bits per heavy atom. The summed E-state index contributed by atoms with van der Waals surface area (Å²) in [6.07, 6.45) is 3.50. The number of aromatic nitrogens is 3. The highest BCUT2D eigenvalue weighted by molar-refractivity contribution is 6.03. The number of piperidine rings is 1. The molecule has 1 saturated heterocycles. The number of likely N-dealkylation sites (tertiary alicyclic amines) is 1. The molecule has 2 heterocycles. The van der Waals surface area contributed by atoms with Crippen LogP contribution in [0.5, 0.6) is 0 Å². The molecule has 0 radical (unpaired) electrons. The first-order valence-electron chi connectivity index (χ1n) is 9.54. The van der Waals surface area contributed by atoms with E-state index >= 15 is 0 Å². The van der Waals surface area contributed by atoms with Gasteiger partial charge in [0.05, 0.1) is 5.54 Å². The molecule has 0 bridgehead atoms. The number of nitrogens with one attached hydrogen (secondary N) is 1. The van der Waals surface area contributed by atoms with Crippen molar-refractivity contribution in [3.8, 4) is 0 Å². The zero-order chi connectivity index (χ0) is 21.2. The van der Waals surface area contributed by atoms with Crippen molar-refractivity contribution in [3.63, 3.8) is 0 Å². The molecule has 1 fully saturated rings. The summed E-state index contributed by atoms with van der Waals surface area (Å²) in [6, 6.07) is 5.62. The summed E-state index contributed by atoms with van der Waals surface area (Å²) < 4.78 is 1.60. The minimum atomic E-state index is -0.997. The largest absolute Gasteiger partial charge is 0.480 e. The van der Waals surface area contributed by atoms with Gasteiger partial charge >= 0.3 is 5.97 Å². The number of carbonyl (C=O) groups is 3. The number of rotatable bonds is 4. The SMILES string of the molecule is CC(C)(C)n1cnc(C(=O)Nc2cccc(C(=O)N3CCCCC3C(=O)O)c2)n1. The van der Waals surface area contributed by atoms with Crippen molar-refractivity contribution in [2.45, 2.75) is 51.6 Å². The molecule has 9 nitrogen and oxygen atoms in total.